The lowest BCUT2D eigenvalue weighted by molar-refractivity contribution is 0.0320. The molecule has 1 heterocycles. The van der Waals surface area contributed by atoms with Crippen LogP contribution in [0.1, 0.15) is 47.9 Å². The lowest BCUT2D eigenvalue weighted by atomic mass is 9.85. The minimum atomic E-state index is -0.745. The quantitative estimate of drug-likeness (QED) is 0.811. The summed E-state index contributed by atoms with van der Waals surface area (Å²) in [5.41, 5.74) is 6.27. The van der Waals surface area contributed by atoms with Crippen molar-refractivity contribution in [3.63, 3.8) is 0 Å². The van der Waals surface area contributed by atoms with E-state index < -0.39 is 5.60 Å². The largest absolute Gasteiger partial charge is 0.383 e. The normalized spacial score (nSPS) is 25.7. The summed E-state index contributed by atoms with van der Waals surface area (Å²) in [6.07, 6.45) is 2.96. The number of nitrogens with two attached hydrogens (primary N) is 1. The average Bonchev–Trinajstić information content (AvgIpc) is 2.63. The first kappa shape index (κ1) is 11.1. The predicted molar refractivity (Wildman–Crippen MR) is 64.3 cm³/mol. The van der Waals surface area contributed by atoms with Crippen molar-refractivity contribution in [3.8, 4) is 0 Å². The molecule has 1 aromatic rings. The number of thiophene rings is 1. The van der Waals surface area contributed by atoms with Crippen LogP contribution in [0.15, 0.2) is 6.07 Å². The van der Waals surface area contributed by atoms with Crippen LogP contribution in [0.2, 0.25) is 0 Å². The first-order chi connectivity index (χ1) is 7.07. The Labute approximate surface area is 95.1 Å². The Morgan fingerprint density at radius 2 is 2.33 bits per heavy atom. The average molecular weight is 225 g/mol. The molecule has 3 N–H and O–H groups in total. The Hall–Kier alpha value is -0.380. The molecule has 1 atom stereocenters. The van der Waals surface area contributed by atoms with Crippen LogP contribution in [0.3, 0.4) is 0 Å². The van der Waals surface area contributed by atoms with Crippen molar-refractivity contribution in [2.75, 3.05) is 6.54 Å². The fourth-order valence-electron chi connectivity index (χ4n) is 2.19. The third kappa shape index (κ3) is 1.84. The van der Waals surface area contributed by atoms with Gasteiger partial charge in [-0.1, -0.05) is 13.8 Å². The smallest absolute Gasteiger partial charge is 0.111 e. The lowest BCUT2D eigenvalue weighted by Crippen LogP contribution is -2.36. The molecule has 1 aliphatic rings. The summed E-state index contributed by atoms with van der Waals surface area (Å²) in [5.74, 6) is 0.544. The van der Waals surface area contributed by atoms with Crippen LogP contribution in [0.5, 0.6) is 0 Å². The highest BCUT2D eigenvalue weighted by atomic mass is 32.1. The molecular formula is C12H19NOS. The highest BCUT2D eigenvalue weighted by Gasteiger charge is 2.35. The van der Waals surface area contributed by atoms with Crippen LogP contribution in [0.4, 0.5) is 0 Å². The van der Waals surface area contributed by atoms with Gasteiger partial charge in [-0.2, -0.15) is 0 Å². The van der Waals surface area contributed by atoms with E-state index in [4.69, 9.17) is 5.73 Å². The van der Waals surface area contributed by atoms with E-state index in [2.05, 4.69) is 19.9 Å². The highest BCUT2D eigenvalue weighted by molar-refractivity contribution is 7.12. The minimum Gasteiger partial charge on any atom is -0.383 e. The number of rotatable bonds is 2. The molecule has 3 heteroatoms. The monoisotopic (exact) mass is 225 g/mol. The first-order valence-corrected chi connectivity index (χ1v) is 6.44. The number of hydrogen-bond acceptors (Lipinski definition) is 3. The van der Waals surface area contributed by atoms with Gasteiger partial charge in [0.2, 0.25) is 0 Å². The molecule has 1 unspecified atom stereocenters. The third-order valence-electron chi connectivity index (χ3n) is 3.19. The topological polar surface area (TPSA) is 46.2 Å². The Balaban J connectivity index is 2.43. The Kier molecular flexibility index (Phi) is 2.88. The van der Waals surface area contributed by atoms with Crippen LogP contribution in [-0.4, -0.2) is 11.7 Å². The van der Waals surface area contributed by atoms with Gasteiger partial charge < -0.3 is 10.8 Å². The minimum absolute atomic E-state index is 0.345. The molecule has 2 nitrogen and oxygen atoms in total. The summed E-state index contributed by atoms with van der Waals surface area (Å²) in [7, 11) is 0. The predicted octanol–water partition coefficient (Wildman–Crippen LogP) is 2.35. The summed E-state index contributed by atoms with van der Waals surface area (Å²) >= 11 is 1.74. The molecular weight excluding hydrogens is 206 g/mol. The fraction of sp³-hybridized carbons (Fsp3) is 0.667. The molecule has 0 radical (unpaired) electrons. The van der Waals surface area contributed by atoms with E-state index in [1.54, 1.807) is 11.3 Å². The summed E-state index contributed by atoms with van der Waals surface area (Å²) in [6.45, 7) is 4.73. The molecule has 2 rings (SSSR count). The molecule has 1 aliphatic carbocycles. The van der Waals surface area contributed by atoms with Crippen LogP contribution in [-0.2, 0) is 12.0 Å². The van der Waals surface area contributed by atoms with Gasteiger partial charge in [-0.3, -0.25) is 0 Å². The summed E-state index contributed by atoms with van der Waals surface area (Å²) in [6, 6.07) is 2.25. The van der Waals surface area contributed by atoms with E-state index in [1.165, 1.54) is 10.4 Å². The van der Waals surface area contributed by atoms with Gasteiger partial charge in [-0.05, 0) is 36.8 Å². The molecule has 15 heavy (non-hydrogen) atoms. The number of aryl methyl sites for hydroxylation is 1. The molecule has 0 fully saturated rings. The maximum absolute atomic E-state index is 10.4. The number of aliphatic hydroxyl groups is 1. The van der Waals surface area contributed by atoms with Crippen LogP contribution < -0.4 is 5.73 Å². The van der Waals surface area contributed by atoms with Gasteiger partial charge >= 0.3 is 0 Å². The molecule has 0 bridgehead atoms. The van der Waals surface area contributed by atoms with Gasteiger partial charge in [0.05, 0.1) is 0 Å². The van der Waals surface area contributed by atoms with E-state index in [-0.39, 0.29) is 0 Å². The molecule has 0 saturated carbocycles. The van der Waals surface area contributed by atoms with Crippen molar-refractivity contribution in [3.05, 3.63) is 21.4 Å². The van der Waals surface area contributed by atoms with Crippen LogP contribution in [0.25, 0.3) is 0 Å². The zero-order valence-corrected chi connectivity index (χ0v) is 10.2. The van der Waals surface area contributed by atoms with Crippen molar-refractivity contribution in [1.82, 2.24) is 0 Å². The first-order valence-electron chi connectivity index (χ1n) is 5.62. The number of hydrogen-bond donors (Lipinski definition) is 2. The van der Waals surface area contributed by atoms with Crippen molar-refractivity contribution < 1.29 is 5.11 Å². The van der Waals surface area contributed by atoms with Crippen molar-refractivity contribution >= 4 is 11.3 Å². The molecule has 1 aromatic heterocycles. The molecule has 0 spiro atoms. The van der Waals surface area contributed by atoms with E-state index in [1.807, 2.05) is 0 Å². The Bertz CT molecular complexity index is 359. The molecule has 0 saturated heterocycles. The standard InChI is InChI=1S/C12H19NOS/c1-8(2)10-6-9-4-3-5-12(14,7-13)11(9)15-10/h6,8,14H,3-5,7,13H2,1-2H3. The zero-order valence-electron chi connectivity index (χ0n) is 9.42. The SMILES string of the molecule is CC(C)c1cc2c(s1)C(O)(CN)CCC2. The molecule has 0 aliphatic heterocycles. The Morgan fingerprint density at radius 1 is 1.60 bits per heavy atom. The number of fused-ring (bicyclic) bond motifs is 1. The maximum Gasteiger partial charge on any atom is 0.111 e. The fourth-order valence-corrected chi connectivity index (χ4v) is 3.53. The van der Waals surface area contributed by atoms with Crippen molar-refractivity contribution in [2.24, 2.45) is 5.73 Å². The zero-order chi connectivity index (χ0) is 11.1. The van der Waals surface area contributed by atoms with Crippen LogP contribution >= 0.6 is 11.3 Å². The van der Waals surface area contributed by atoms with E-state index in [0.29, 0.717) is 12.5 Å². The highest BCUT2D eigenvalue weighted by Crippen LogP contribution is 2.41. The molecule has 0 amide bonds. The molecule has 84 valence electrons. The second kappa shape index (κ2) is 3.89. The van der Waals surface area contributed by atoms with Gasteiger partial charge in [0, 0.05) is 16.3 Å². The summed E-state index contributed by atoms with van der Waals surface area (Å²) in [5, 5.41) is 10.4. The van der Waals surface area contributed by atoms with Crippen LogP contribution in [0, 0.1) is 0 Å². The summed E-state index contributed by atoms with van der Waals surface area (Å²) in [4.78, 5) is 2.49. The summed E-state index contributed by atoms with van der Waals surface area (Å²) < 4.78 is 0. The second-order valence-corrected chi connectivity index (χ2v) is 5.83. The van der Waals surface area contributed by atoms with E-state index in [0.717, 1.165) is 24.1 Å². The van der Waals surface area contributed by atoms with Crippen molar-refractivity contribution in [2.45, 2.75) is 44.6 Å². The molecule has 0 aromatic carbocycles. The second-order valence-electron chi connectivity index (χ2n) is 4.75. The lowest BCUT2D eigenvalue weighted by Gasteiger charge is -2.30. The van der Waals surface area contributed by atoms with Gasteiger partial charge in [0.25, 0.3) is 0 Å². The van der Waals surface area contributed by atoms with Gasteiger partial charge in [-0.15, -0.1) is 11.3 Å². The maximum atomic E-state index is 10.4. The Morgan fingerprint density at radius 3 is 2.93 bits per heavy atom. The third-order valence-corrected chi connectivity index (χ3v) is 4.87. The van der Waals surface area contributed by atoms with Gasteiger partial charge in [0.15, 0.2) is 0 Å². The van der Waals surface area contributed by atoms with Gasteiger partial charge in [-0.25, -0.2) is 0 Å². The van der Waals surface area contributed by atoms with E-state index in [9.17, 15) is 5.11 Å². The van der Waals surface area contributed by atoms with E-state index >= 15 is 0 Å². The van der Waals surface area contributed by atoms with Crippen molar-refractivity contribution in [1.29, 1.82) is 0 Å². The van der Waals surface area contributed by atoms with Gasteiger partial charge in [0.1, 0.15) is 5.60 Å².